The summed E-state index contributed by atoms with van der Waals surface area (Å²) in [6.45, 7) is 1.99. The fourth-order valence-corrected chi connectivity index (χ4v) is 3.13. The number of aromatic nitrogens is 5. The Balaban J connectivity index is 1.50. The Labute approximate surface area is 143 Å². The zero-order valence-corrected chi connectivity index (χ0v) is 13.5. The summed E-state index contributed by atoms with van der Waals surface area (Å²) in [6.07, 6.45) is 5.93. The molecule has 0 aliphatic carbocycles. The summed E-state index contributed by atoms with van der Waals surface area (Å²) < 4.78 is 7.24. The molecule has 0 spiro atoms. The van der Waals surface area contributed by atoms with Crippen LogP contribution in [0.2, 0.25) is 0 Å². The van der Waals surface area contributed by atoms with Crippen LogP contribution in [0.5, 0.6) is 0 Å². The summed E-state index contributed by atoms with van der Waals surface area (Å²) in [5.41, 5.74) is 1.72. The quantitative estimate of drug-likeness (QED) is 0.596. The monoisotopic (exact) mass is 335 g/mol. The highest BCUT2D eigenvalue weighted by Gasteiger charge is 2.18. The van der Waals surface area contributed by atoms with E-state index in [2.05, 4.69) is 25.5 Å². The predicted octanol–water partition coefficient (Wildman–Crippen LogP) is 3.06. The Morgan fingerprint density at radius 1 is 1.16 bits per heavy atom. The minimum atomic E-state index is 0.681. The van der Waals surface area contributed by atoms with Crippen LogP contribution in [0.3, 0.4) is 0 Å². The zero-order valence-electron chi connectivity index (χ0n) is 13.5. The first-order chi connectivity index (χ1) is 12.4. The molecule has 1 aliphatic rings. The van der Waals surface area contributed by atoms with Gasteiger partial charge >= 0.3 is 0 Å². The topological polar surface area (TPSA) is 87.3 Å². The normalized spacial score (nSPS) is 14.5. The minimum Gasteiger partial charge on any atom is -0.463 e. The summed E-state index contributed by atoms with van der Waals surface area (Å²) in [6, 6.07) is 9.58. The summed E-state index contributed by atoms with van der Waals surface area (Å²) in [5, 5.41) is 15.2. The van der Waals surface area contributed by atoms with Gasteiger partial charge in [0.2, 0.25) is 5.95 Å². The Hall–Kier alpha value is -3.29. The Bertz CT molecular complexity index is 995. The largest absolute Gasteiger partial charge is 0.463 e. The van der Waals surface area contributed by atoms with Crippen molar-refractivity contribution in [2.24, 2.45) is 0 Å². The molecule has 0 bridgehead atoms. The van der Waals surface area contributed by atoms with Crippen LogP contribution >= 0.6 is 0 Å². The summed E-state index contributed by atoms with van der Waals surface area (Å²) in [4.78, 5) is 6.94. The summed E-state index contributed by atoms with van der Waals surface area (Å²) in [5.74, 6) is 2.90. The number of nitrogens with one attached hydrogen (secondary N) is 2. The second-order valence-electron chi connectivity index (χ2n) is 6.06. The number of nitrogens with zero attached hydrogens (tertiary/aromatic N) is 5. The Morgan fingerprint density at radius 3 is 2.92 bits per heavy atom. The number of hydrogen-bond acceptors (Lipinski definition) is 6. The van der Waals surface area contributed by atoms with Crippen molar-refractivity contribution in [3.63, 3.8) is 0 Å². The van der Waals surface area contributed by atoms with Crippen LogP contribution < -0.4 is 10.2 Å². The van der Waals surface area contributed by atoms with Gasteiger partial charge in [-0.05, 0) is 37.1 Å². The first-order valence-electron chi connectivity index (χ1n) is 8.33. The molecule has 0 unspecified atom stereocenters. The highest BCUT2D eigenvalue weighted by Crippen LogP contribution is 2.25. The maximum Gasteiger partial charge on any atom is 0.245 e. The third-order valence-electron chi connectivity index (χ3n) is 4.38. The first kappa shape index (κ1) is 14.1. The van der Waals surface area contributed by atoms with Gasteiger partial charge in [0.1, 0.15) is 11.2 Å². The van der Waals surface area contributed by atoms with E-state index in [9.17, 15) is 0 Å². The van der Waals surface area contributed by atoms with E-state index in [-0.39, 0.29) is 0 Å². The van der Waals surface area contributed by atoms with Crippen molar-refractivity contribution < 1.29 is 4.42 Å². The molecule has 1 fully saturated rings. The van der Waals surface area contributed by atoms with E-state index in [1.54, 1.807) is 6.26 Å². The number of rotatable bonds is 4. The number of furan rings is 1. The van der Waals surface area contributed by atoms with Crippen molar-refractivity contribution in [1.29, 1.82) is 0 Å². The molecule has 8 heteroatoms. The van der Waals surface area contributed by atoms with Gasteiger partial charge in [0.15, 0.2) is 17.4 Å². The van der Waals surface area contributed by atoms with E-state index in [0.717, 1.165) is 41.8 Å². The molecule has 5 rings (SSSR count). The molecule has 0 radical (unpaired) electrons. The van der Waals surface area contributed by atoms with Crippen LogP contribution in [0, 0.1) is 0 Å². The van der Waals surface area contributed by atoms with Crippen molar-refractivity contribution in [1.82, 2.24) is 24.8 Å². The van der Waals surface area contributed by atoms with Gasteiger partial charge < -0.3 is 14.6 Å². The van der Waals surface area contributed by atoms with Gasteiger partial charge in [0.05, 0.1) is 6.26 Å². The zero-order chi connectivity index (χ0) is 16.6. The third-order valence-corrected chi connectivity index (χ3v) is 4.38. The van der Waals surface area contributed by atoms with Crippen LogP contribution in [0.15, 0.2) is 47.2 Å². The van der Waals surface area contributed by atoms with E-state index in [1.807, 2.05) is 41.0 Å². The van der Waals surface area contributed by atoms with Gasteiger partial charge in [-0.2, -0.15) is 10.1 Å². The average Bonchev–Trinajstić information content (AvgIpc) is 3.40. The highest BCUT2D eigenvalue weighted by atomic mass is 16.3. The van der Waals surface area contributed by atoms with Gasteiger partial charge in [-0.15, -0.1) is 5.10 Å². The van der Waals surface area contributed by atoms with Gasteiger partial charge in [0.25, 0.3) is 0 Å². The average molecular weight is 335 g/mol. The molecule has 4 aromatic heterocycles. The molecule has 25 heavy (non-hydrogen) atoms. The van der Waals surface area contributed by atoms with Crippen molar-refractivity contribution in [3.8, 4) is 11.5 Å². The smallest absolute Gasteiger partial charge is 0.245 e. The molecule has 2 N–H and O–H groups in total. The molecule has 1 aliphatic heterocycles. The second-order valence-corrected chi connectivity index (χ2v) is 6.06. The minimum absolute atomic E-state index is 0.681. The molecule has 126 valence electrons. The highest BCUT2D eigenvalue weighted by molar-refractivity contribution is 5.74. The summed E-state index contributed by atoms with van der Waals surface area (Å²) in [7, 11) is 0. The SMILES string of the molecule is c1coc(-c2cc(Nc3nc(N4CCCC4)nn4cccc34)n[nH]2)c1. The molecule has 0 amide bonds. The lowest BCUT2D eigenvalue weighted by atomic mass is 10.3. The number of H-pyrrole nitrogens is 1. The molecule has 4 aromatic rings. The van der Waals surface area contributed by atoms with Gasteiger partial charge in [0, 0.05) is 25.4 Å². The van der Waals surface area contributed by atoms with Gasteiger partial charge in [-0.1, -0.05) is 0 Å². The van der Waals surface area contributed by atoms with Crippen LogP contribution in [0.1, 0.15) is 12.8 Å². The molecular weight excluding hydrogens is 318 g/mol. The lowest BCUT2D eigenvalue weighted by Gasteiger charge is -2.16. The fourth-order valence-electron chi connectivity index (χ4n) is 3.13. The molecular formula is C17H17N7O. The predicted molar refractivity (Wildman–Crippen MR) is 94.0 cm³/mol. The van der Waals surface area contributed by atoms with E-state index >= 15 is 0 Å². The lowest BCUT2D eigenvalue weighted by Crippen LogP contribution is -2.22. The van der Waals surface area contributed by atoms with E-state index in [0.29, 0.717) is 5.82 Å². The standard InChI is InChI=1S/C17H17N7O/c1-2-8-23(7-1)17-19-16(13-5-3-9-24(13)22-17)18-15-11-12(20-21-15)14-6-4-10-25-14/h3-6,9-11H,1-2,7-8H2,(H2,18,19,20,21,22). The summed E-state index contributed by atoms with van der Waals surface area (Å²) >= 11 is 0. The van der Waals surface area contributed by atoms with Gasteiger partial charge in [-0.3, -0.25) is 5.10 Å². The fraction of sp³-hybridized carbons (Fsp3) is 0.235. The van der Waals surface area contributed by atoms with Crippen molar-refractivity contribution >= 4 is 23.1 Å². The van der Waals surface area contributed by atoms with E-state index in [4.69, 9.17) is 9.40 Å². The second kappa shape index (κ2) is 5.66. The third kappa shape index (κ3) is 2.51. The van der Waals surface area contributed by atoms with Crippen LogP contribution in [0.4, 0.5) is 17.6 Å². The van der Waals surface area contributed by atoms with E-state index < -0.39 is 0 Å². The molecule has 8 nitrogen and oxygen atoms in total. The molecule has 0 saturated carbocycles. The van der Waals surface area contributed by atoms with Crippen LogP contribution in [0.25, 0.3) is 17.0 Å². The van der Waals surface area contributed by atoms with E-state index in [1.165, 1.54) is 12.8 Å². The van der Waals surface area contributed by atoms with Crippen molar-refractivity contribution in [2.45, 2.75) is 12.8 Å². The Morgan fingerprint density at radius 2 is 2.08 bits per heavy atom. The van der Waals surface area contributed by atoms with Crippen LogP contribution in [-0.2, 0) is 0 Å². The molecule has 0 atom stereocenters. The number of anilines is 3. The van der Waals surface area contributed by atoms with Crippen molar-refractivity contribution in [3.05, 3.63) is 42.8 Å². The number of hydrogen-bond donors (Lipinski definition) is 2. The Kier molecular flexibility index (Phi) is 3.19. The molecule has 0 aromatic carbocycles. The maximum absolute atomic E-state index is 5.39. The number of aromatic amines is 1. The molecule has 5 heterocycles. The molecule has 1 saturated heterocycles. The van der Waals surface area contributed by atoms with Gasteiger partial charge in [-0.25, -0.2) is 4.52 Å². The number of fused-ring (bicyclic) bond motifs is 1. The first-order valence-corrected chi connectivity index (χ1v) is 8.33. The van der Waals surface area contributed by atoms with Crippen LogP contribution in [-0.4, -0.2) is 37.9 Å². The maximum atomic E-state index is 5.39. The van der Waals surface area contributed by atoms with Crippen molar-refractivity contribution in [2.75, 3.05) is 23.3 Å². The lowest BCUT2D eigenvalue weighted by molar-refractivity contribution is 0.580.